The van der Waals surface area contributed by atoms with Crippen LogP contribution in [0.25, 0.3) is 0 Å². The smallest absolute Gasteiger partial charge is 0.191 e. The molecule has 1 aliphatic heterocycles. The fourth-order valence-electron chi connectivity index (χ4n) is 2.26. The number of nitrogens with one attached hydrogen (secondary N) is 2. The molecule has 0 bridgehead atoms. The highest BCUT2D eigenvalue weighted by Gasteiger charge is 2.06. The van der Waals surface area contributed by atoms with Crippen LogP contribution in [0.15, 0.2) is 41.4 Å². The van der Waals surface area contributed by atoms with Crippen LogP contribution in [0, 0.1) is 0 Å². The van der Waals surface area contributed by atoms with Crippen molar-refractivity contribution in [3.05, 3.63) is 42.0 Å². The molecule has 0 aliphatic carbocycles. The minimum absolute atomic E-state index is 0.706. The Morgan fingerprint density at radius 2 is 1.81 bits per heavy atom. The zero-order chi connectivity index (χ0) is 14.9. The fraction of sp³-hybridized carbons (Fsp3) is 0.471. The van der Waals surface area contributed by atoms with Crippen molar-refractivity contribution < 1.29 is 0 Å². The van der Waals surface area contributed by atoms with E-state index in [0.29, 0.717) is 6.54 Å². The minimum atomic E-state index is 0.706. The summed E-state index contributed by atoms with van der Waals surface area (Å²) in [5, 5.41) is 6.59. The van der Waals surface area contributed by atoms with Crippen LogP contribution >= 0.6 is 0 Å². The quantitative estimate of drug-likeness (QED) is 0.479. The van der Waals surface area contributed by atoms with Gasteiger partial charge >= 0.3 is 0 Å². The molecule has 0 spiro atoms. The Labute approximate surface area is 128 Å². The zero-order valence-electron chi connectivity index (χ0n) is 13.1. The van der Waals surface area contributed by atoms with Crippen LogP contribution < -0.4 is 15.5 Å². The molecular weight excluding hydrogens is 260 g/mol. The standard InChI is InChI=1S/C17H26N4/c1-3-11-19-17(18-4-2)20-14-15-7-9-16(10-8-15)21-12-5-6-13-21/h5-10H,3-4,11-14H2,1-2H3,(H2,18,19,20). The zero-order valence-corrected chi connectivity index (χ0v) is 13.1. The Morgan fingerprint density at radius 1 is 1.10 bits per heavy atom. The largest absolute Gasteiger partial charge is 0.364 e. The molecule has 4 nitrogen and oxygen atoms in total. The number of benzene rings is 1. The van der Waals surface area contributed by atoms with E-state index < -0.39 is 0 Å². The van der Waals surface area contributed by atoms with Crippen LogP contribution in [-0.2, 0) is 6.54 Å². The lowest BCUT2D eigenvalue weighted by molar-refractivity contribution is 0.785. The molecule has 0 aromatic heterocycles. The third-order valence-corrected chi connectivity index (χ3v) is 3.43. The van der Waals surface area contributed by atoms with Crippen molar-refractivity contribution in [2.24, 2.45) is 4.99 Å². The maximum atomic E-state index is 4.62. The van der Waals surface area contributed by atoms with Crippen LogP contribution in [0.1, 0.15) is 25.8 Å². The molecule has 4 heteroatoms. The molecule has 0 saturated carbocycles. The van der Waals surface area contributed by atoms with E-state index >= 15 is 0 Å². The summed E-state index contributed by atoms with van der Waals surface area (Å²) in [6, 6.07) is 8.70. The first kappa shape index (κ1) is 15.4. The van der Waals surface area contributed by atoms with Gasteiger partial charge in [-0.3, -0.25) is 0 Å². The lowest BCUT2D eigenvalue weighted by Gasteiger charge is -2.17. The second-order valence-corrected chi connectivity index (χ2v) is 5.16. The highest BCUT2D eigenvalue weighted by atomic mass is 15.2. The van der Waals surface area contributed by atoms with Crippen molar-refractivity contribution in [2.45, 2.75) is 26.8 Å². The van der Waals surface area contributed by atoms with Crippen LogP contribution in [0.2, 0.25) is 0 Å². The van der Waals surface area contributed by atoms with Gasteiger partial charge in [0.05, 0.1) is 6.54 Å². The van der Waals surface area contributed by atoms with Crippen molar-refractivity contribution in [3.63, 3.8) is 0 Å². The average Bonchev–Trinajstić information content (AvgIpc) is 3.05. The summed E-state index contributed by atoms with van der Waals surface area (Å²) in [6.07, 6.45) is 5.52. The van der Waals surface area contributed by atoms with E-state index in [1.807, 2.05) is 0 Å². The van der Waals surface area contributed by atoms with Gasteiger partial charge in [0.15, 0.2) is 5.96 Å². The summed E-state index contributed by atoms with van der Waals surface area (Å²) < 4.78 is 0. The molecule has 0 amide bonds. The first-order valence-corrected chi connectivity index (χ1v) is 7.84. The maximum Gasteiger partial charge on any atom is 0.191 e. The van der Waals surface area contributed by atoms with Gasteiger partial charge in [0, 0.05) is 31.9 Å². The van der Waals surface area contributed by atoms with Crippen LogP contribution in [0.4, 0.5) is 5.69 Å². The lowest BCUT2D eigenvalue weighted by atomic mass is 10.2. The van der Waals surface area contributed by atoms with Crippen LogP contribution in [0.5, 0.6) is 0 Å². The molecule has 1 aromatic carbocycles. The third kappa shape index (κ3) is 4.81. The van der Waals surface area contributed by atoms with Gasteiger partial charge < -0.3 is 15.5 Å². The van der Waals surface area contributed by atoms with E-state index in [4.69, 9.17) is 0 Å². The molecule has 1 heterocycles. The maximum absolute atomic E-state index is 4.62. The van der Waals surface area contributed by atoms with Gasteiger partial charge in [-0.1, -0.05) is 31.2 Å². The third-order valence-electron chi connectivity index (χ3n) is 3.43. The van der Waals surface area contributed by atoms with Crippen molar-refractivity contribution in [2.75, 3.05) is 31.1 Å². The second-order valence-electron chi connectivity index (χ2n) is 5.16. The van der Waals surface area contributed by atoms with Gasteiger partial charge in [-0.25, -0.2) is 4.99 Å². The van der Waals surface area contributed by atoms with E-state index in [1.54, 1.807) is 0 Å². The van der Waals surface area contributed by atoms with Gasteiger partial charge in [-0.05, 0) is 31.0 Å². The first-order valence-electron chi connectivity index (χ1n) is 7.84. The number of guanidine groups is 1. The predicted octanol–water partition coefficient (Wildman–Crippen LogP) is 2.53. The summed E-state index contributed by atoms with van der Waals surface area (Å²) in [6.45, 7) is 8.82. The van der Waals surface area contributed by atoms with Gasteiger partial charge in [0.2, 0.25) is 0 Å². The van der Waals surface area contributed by atoms with Crippen molar-refractivity contribution >= 4 is 11.6 Å². The summed E-state index contributed by atoms with van der Waals surface area (Å²) in [5.41, 5.74) is 2.52. The van der Waals surface area contributed by atoms with E-state index in [-0.39, 0.29) is 0 Å². The SMILES string of the molecule is CCCNC(=NCc1ccc(N2CC=CC2)cc1)NCC. The van der Waals surface area contributed by atoms with Crippen LogP contribution in [0.3, 0.4) is 0 Å². The number of aliphatic imine (C=N–C) groups is 1. The highest BCUT2D eigenvalue weighted by Crippen LogP contribution is 2.17. The average molecular weight is 286 g/mol. The van der Waals surface area contributed by atoms with Crippen LogP contribution in [-0.4, -0.2) is 32.1 Å². The molecule has 0 saturated heterocycles. The molecule has 2 rings (SSSR count). The van der Waals surface area contributed by atoms with Gasteiger partial charge in [-0.2, -0.15) is 0 Å². The van der Waals surface area contributed by atoms with E-state index in [2.05, 4.69) is 70.8 Å². The summed E-state index contributed by atoms with van der Waals surface area (Å²) in [5.74, 6) is 0.896. The molecule has 1 aromatic rings. The molecule has 0 radical (unpaired) electrons. The molecule has 2 N–H and O–H groups in total. The Morgan fingerprint density at radius 3 is 2.43 bits per heavy atom. The van der Waals surface area contributed by atoms with E-state index in [9.17, 15) is 0 Å². The highest BCUT2D eigenvalue weighted by molar-refractivity contribution is 5.79. The minimum Gasteiger partial charge on any atom is -0.364 e. The van der Waals surface area contributed by atoms with Crippen molar-refractivity contribution in [1.82, 2.24) is 10.6 Å². The summed E-state index contributed by atoms with van der Waals surface area (Å²) in [7, 11) is 0. The predicted molar refractivity (Wildman–Crippen MR) is 90.9 cm³/mol. The monoisotopic (exact) mass is 286 g/mol. The Kier molecular flexibility index (Phi) is 6.13. The molecule has 0 unspecified atom stereocenters. The molecule has 0 fully saturated rings. The number of hydrogen-bond acceptors (Lipinski definition) is 2. The van der Waals surface area contributed by atoms with E-state index in [0.717, 1.165) is 38.6 Å². The second kappa shape index (κ2) is 8.35. The number of hydrogen-bond donors (Lipinski definition) is 2. The Balaban J connectivity index is 1.91. The van der Waals surface area contributed by atoms with Gasteiger partial charge in [0.25, 0.3) is 0 Å². The summed E-state index contributed by atoms with van der Waals surface area (Å²) in [4.78, 5) is 6.96. The van der Waals surface area contributed by atoms with Crippen molar-refractivity contribution in [3.8, 4) is 0 Å². The number of rotatable bonds is 6. The normalized spacial score (nSPS) is 14.6. The molecule has 0 atom stereocenters. The molecule has 1 aliphatic rings. The van der Waals surface area contributed by atoms with Gasteiger partial charge in [0.1, 0.15) is 0 Å². The van der Waals surface area contributed by atoms with Crippen molar-refractivity contribution in [1.29, 1.82) is 0 Å². The fourth-order valence-corrected chi connectivity index (χ4v) is 2.26. The molecule has 21 heavy (non-hydrogen) atoms. The lowest BCUT2D eigenvalue weighted by Crippen LogP contribution is -2.37. The van der Waals surface area contributed by atoms with Gasteiger partial charge in [-0.15, -0.1) is 0 Å². The molecular formula is C17H26N4. The molecule has 114 valence electrons. The Hall–Kier alpha value is -1.97. The Bertz CT molecular complexity index is 468. The number of nitrogens with zero attached hydrogens (tertiary/aromatic N) is 2. The topological polar surface area (TPSA) is 39.7 Å². The first-order chi connectivity index (χ1) is 10.3. The number of anilines is 1. The van der Waals surface area contributed by atoms with E-state index in [1.165, 1.54) is 11.3 Å². The summed E-state index contributed by atoms with van der Waals surface area (Å²) >= 11 is 0.